The van der Waals surface area contributed by atoms with E-state index in [9.17, 15) is 14.7 Å². The second kappa shape index (κ2) is 9.74. The molecule has 5 nitrogen and oxygen atoms in total. The summed E-state index contributed by atoms with van der Waals surface area (Å²) in [5.74, 6) is -0.950. The van der Waals surface area contributed by atoms with E-state index in [1.807, 2.05) is 42.6 Å². The van der Waals surface area contributed by atoms with Crippen LogP contribution in [0.1, 0.15) is 34.5 Å². The number of carboxylic acid groups (broad SMARTS) is 1. The van der Waals surface area contributed by atoms with Gasteiger partial charge in [-0.25, -0.2) is 9.59 Å². The SMILES string of the molecule is C=CCCc1cn(CCC=C)c(=O)n1Cc1ccc(-c2ccccc2C(=O)O)cc1. The zero-order valence-corrected chi connectivity index (χ0v) is 17.0. The summed E-state index contributed by atoms with van der Waals surface area (Å²) < 4.78 is 3.53. The van der Waals surface area contributed by atoms with Gasteiger partial charge in [-0.2, -0.15) is 0 Å². The maximum absolute atomic E-state index is 12.9. The maximum atomic E-state index is 12.9. The Balaban J connectivity index is 1.89. The van der Waals surface area contributed by atoms with Crippen molar-refractivity contribution in [3.8, 4) is 11.1 Å². The molecule has 0 unspecified atom stereocenters. The fourth-order valence-electron chi connectivity index (χ4n) is 3.49. The van der Waals surface area contributed by atoms with Crippen molar-refractivity contribution in [3.05, 3.63) is 107 Å². The Morgan fingerprint density at radius 3 is 2.37 bits per heavy atom. The first kappa shape index (κ1) is 21.1. The number of benzene rings is 2. The maximum Gasteiger partial charge on any atom is 0.336 e. The highest BCUT2D eigenvalue weighted by atomic mass is 16.4. The molecule has 1 heterocycles. The predicted molar refractivity (Wildman–Crippen MR) is 120 cm³/mol. The van der Waals surface area contributed by atoms with Crippen molar-refractivity contribution in [2.75, 3.05) is 0 Å². The van der Waals surface area contributed by atoms with Crippen LogP contribution in [-0.2, 0) is 19.5 Å². The Morgan fingerprint density at radius 1 is 1.00 bits per heavy atom. The van der Waals surface area contributed by atoms with Crippen molar-refractivity contribution in [1.82, 2.24) is 9.13 Å². The second-order valence-corrected chi connectivity index (χ2v) is 7.13. The molecule has 0 bridgehead atoms. The summed E-state index contributed by atoms with van der Waals surface area (Å²) in [7, 11) is 0. The van der Waals surface area contributed by atoms with Gasteiger partial charge in [-0.05, 0) is 42.0 Å². The number of aromatic nitrogens is 2. The fraction of sp³-hybridized carbons (Fsp3) is 0.200. The van der Waals surface area contributed by atoms with Crippen LogP contribution >= 0.6 is 0 Å². The zero-order valence-electron chi connectivity index (χ0n) is 17.0. The van der Waals surface area contributed by atoms with E-state index in [-0.39, 0.29) is 11.3 Å². The molecule has 2 aromatic carbocycles. The molecule has 3 rings (SSSR count). The lowest BCUT2D eigenvalue weighted by molar-refractivity contribution is 0.0697. The van der Waals surface area contributed by atoms with Crippen LogP contribution in [0, 0.1) is 0 Å². The van der Waals surface area contributed by atoms with Gasteiger partial charge in [0.2, 0.25) is 0 Å². The molecule has 154 valence electrons. The zero-order chi connectivity index (χ0) is 21.5. The number of hydrogen-bond donors (Lipinski definition) is 1. The van der Waals surface area contributed by atoms with E-state index < -0.39 is 5.97 Å². The number of imidazole rings is 1. The molecule has 0 spiro atoms. The number of carboxylic acids is 1. The molecule has 5 heteroatoms. The Bertz CT molecular complexity index is 1100. The van der Waals surface area contributed by atoms with E-state index in [0.717, 1.165) is 36.1 Å². The smallest absolute Gasteiger partial charge is 0.336 e. The number of hydrogen-bond acceptors (Lipinski definition) is 2. The third kappa shape index (κ3) is 4.69. The van der Waals surface area contributed by atoms with Crippen molar-refractivity contribution >= 4 is 5.97 Å². The lowest BCUT2D eigenvalue weighted by Gasteiger charge is -2.09. The summed E-state index contributed by atoms with van der Waals surface area (Å²) in [5, 5.41) is 9.42. The van der Waals surface area contributed by atoms with Gasteiger partial charge in [0.1, 0.15) is 0 Å². The average Bonchev–Trinajstić information content (AvgIpc) is 3.05. The largest absolute Gasteiger partial charge is 0.478 e. The molecular formula is C25H26N2O3. The van der Waals surface area contributed by atoms with Gasteiger partial charge in [-0.3, -0.25) is 9.13 Å². The van der Waals surface area contributed by atoms with Crippen LogP contribution < -0.4 is 5.69 Å². The molecule has 0 aliphatic rings. The van der Waals surface area contributed by atoms with Crippen LogP contribution in [0.3, 0.4) is 0 Å². The molecule has 0 saturated heterocycles. The Hall–Kier alpha value is -3.60. The third-order valence-corrected chi connectivity index (χ3v) is 5.07. The summed E-state index contributed by atoms with van der Waals surface area (Å²) in [6, 6.07) is 14.6. The number of rotatable bonds is 10. The lowest BCUT2D eigenvalue weighted by atomic mass is 9.99. The quantitative estimate of drug-likeness (QED) is 0.498. The van der Waals surface area contributed by atoms with E-state index in [1.54, 1.807) is 33.4 Å². The van der Waals surface area contributed by atoms with E-state index >= 15 is 0 Å². The molecule has 0 atom stereocenters. The minimum atomic E-state index is -0.950. The monoisotopic (exact) mass is 402 g/mol. The van der Waals surface area contributed by atoms with Crippen molar-refractivity contribution in [1.29, 1.82) is 0 Å². The van der Waals surface area contributed by atoms with Crippen molar-refractivity contribution in [3.63, 3.8) is 0 Å². The van der Waals surface area contributed by atoms with Crippen LogP contribution in [-0.4, -0.2) is 20.2 Å². The standard InChI is InChI=1S/C25H26N2O3/c1-3-5-9-21-18-26(16-6-4-2)25(30)27(21)17-19-12-14-20(15-13-19)22-10-7-8-11-23(22)24(28)29/h3-4,7-8,10-15,18H,1-2,5-6,9,16-17H2,(H,28,29). The molecule has 0 aliphatic carbocycles. The van der Waals surface area contributed by atoms with Gasteiger partial charge in [0.05, 0.1) is 12.1 Å². The average molecular weight is 402 g/mol. The van der Waals surface area contributed by atoms with E-state index in [4.69, 9.17) is 0 Å². The molecule has 0 aliphatic heterocycles. The van der Waals surface area contributed by atoms with Crippen LogP contribution in [0.2, 0.25) is 0 Å². The first-order chi connectivity index (χ1) is 14.5. The van der Waals surface area contributed by atoms with E-state index in [2.05, 4.69) is 13.2 Å². The van der Waals surface area contributed by atoms with Crippen LogP contribution in [0.5, 0.6) is 0 Å². The van der Waals surface area contributed by atoms with Crippen molar-refractivity contribution in [2.24, 2.45) is 0 Å². The first-order valence-corrected chi connectivity index (χ1v) is 9.97. The van der Waals surface area contributed by atoms with Gasteiger partial charge in [-0.15, -0.1) is 13.2 Å². The first-order valence-electron chi connectivity index (χ1n) is 9.97. The minimum absolute atomic E-state index is 0.0313. The summed E-state index contributed by atoms with van der Waals surface area (Å²) in [4.78, 5) is 24.4. The van der Waals surface area contributed by atoms with Crippen molar-refractivity contribution < 1.29 is 9.90 Å². The number of carbonyl (C=O) groups is 1. The van der Waals surface area contributed by atoms with Gasteiger partial charge in [0, 0.05) is 18.4 Å². The molecule has 0 saturated carbocycles. The summed E-state index contributed by atoms with van der Waals surface area (Å²) >= 11 is 0. The van der Waals surface area contributed by atoms with E-state index in [0.29, 0.717) is 18.7 Å². The van der Waals surface area contributed by atoms with Gasteiger partial charge in [-0.1, -0.05) is 54.6 Å². The summed E-state index contributed by atoms with van der Waals surface area (Å²) in [6.45, 7) is 8.58. The minimum Gasteiger partial charge on any atom is -0.478 e. The number of aromatic carboxylic acids is 1. The number of nitrogens with zero attached hydrogens (tertiary/aromatic N) is 2. The summed E-state index contributed by atoms with van der Waals surface area (Å²) in [6.07, 6.45) is 7.88. The van der Waals surface area contributed by atoms with Gasteiger partial charge >= 0.3 is 11.7 Å². The third-order valence-electron chi connectivity index (χ3n) is 5.07. The Labute approximate surface area is 176 Å². The fourth-order valence-corrected chi connectivity index (χ4v) is 3.49. The molecule has 3 aromatic rings. The molecule has 1 aromatic heterocycles. The normalized spacial score (nSPS) is 10.7. The highest BCUT2D eigenvalue weighted by Crippen LogP contribution is 2.24. The molecule has 0 fully saturated rings. The summed E-state index contributed by atoms with van der Waals surface area (Å²) in [5.41, 5.74) is 3.71. The second-order valence-electron chi connectivity index (χ2n) is 7.13. The molecule has 30 heavy (non-hydrogen) atoms. The van der Waals surface area contributed by atoms with Crippen LogP contribution in [0.15, 0.2) is 84.8 Å². The Morgan fingerprint density at radius 2 is 1.70 bits per heavy atom. The number of aryl methyl sites for hydroxylation is 2. The Kier molecular flexibility index (Phi) is 6.86. The molecule has 1 N–H and O–H groups in total. The lowest BCUT2D eigenvalue weighted by Crippen LogP contribution is -2.25. The highest BCUT2D eigenvalue weighted by Gasteiger charge is 2.13. The van der Waals surface area contributed by atoms with Crippen molar-refractivity contribution in [2.45, 2.75) is 32.4 Å². The van der Waals surface area contributed by atoms with Gasteiger partial charge in [0.15, 0.2) is 0 Å². The molecule has 0 amide bonds. The van der Waals surface area contributed by atoms with Gasteiger partial charge in [0.25, 0.3) is 0 Å². The van der Waals surface area contributed by atoms with E-state index in [1.165, 1.54) is 0 Å². The molecular weight excluding hydrogens is 376 g/mol. The highest BCUT2D eigenvalue weighted by molar-refractivity contribution is 5.95. The topological polar surface area (TPSA) is 64.2 Å². The van der Waals surface area contributed by atoms with Crippen LogP contribution in [0.25, 0.3) is 11.1 Å². The van der Waals surface area contributed by atoms with Crippen LogP contribution in [0.4, 0.5) is 0 Å². The number of allylic oxidation sites excluding steroid dienone is 2. The predicted octanol–water partition coefficient (Wildman–Crippen LogP) is 4.76. The molecule has 0 radical (unpaired) electrons. The van der Waals surface area contributed by atoms with Gasteiger partial charge < -0.3 is 5.11 Å².